The summed E-state index contributed by atoms with van der Waals surface area (Å²) >= 11 is 6.04. The van der Waals surface area contributed by atoms with Crippen LogP contribution in [0.2, 0.25) is 5.02 Å². The first kappa shape index (κ1) is 20.7. The topological polar surface area (TPSA) is 60.0 Å². The van der Waals surface area contributed by atoms with Crippen molar-refractivity contribution in [3.63, 3.8) is 0 Å². The summed E-state index contributed by atoms with van der Waals surface area (Å²) in [5.74, 6) is 1.30. The molecule has 1 amide bonds. The van der Waals surface area contributed by atoms with E-state index in [1.54, 1.807) is 12.2 Å². The first-order valence-electron chi connectivity index (χ1n) is 10.1. The molecule has 1 atom stereocenters. The van der Waals surface area contributed by atoms with Crippen LogP contribution in [0.25, 0.3) is 6.08 Å². The molecule has 0 radical (unpaired) electrons. The van der Waals surface area contributed by atoms with Gasteiger partial charge in [0.05, 0.1) is 19.3 Å². The number of rotatable bonds is 6. The average Bonchev–Trinajstić information content (AvgIpc) is 2.79. The van der Waals surface area contributed by atoms with E-state index in [2.05, 4.69) is 10.2 Å². The minimum absolute atomic E-state index is 0.0674. The molecule has 6 nitrogen and oxygen atoms in total. The van der Waals surface area contributed by atoms with Crippen molar-refractivity contribution in [1.29, 1.82) is 0 Å². The lowest BCUT2D eigenvalue weighted by Gasteiger charge is -2.34. The maximum Gasteiger partial charge on any atom is 0.244 e. The van der Waals surface area contributed by atoms with Crippen LogP contribution in [0.15, 0.2) is 48.5 Å². The van der Waals surface area contributed by atoms with Gasteiger partial charge >= 0.3 is 0 Å². The lowest BCUT2D eigenvalue weighted by molar-refractivity contribution is -0.116. The number of halogens is 1. The number of amides is 1. The molecule has 4 rings (SSSR count). The summed E-state index contributed by atoms with van der Waals surface area (Å²) in [6.45, 7) is 4.65. The third-order valence-electron chi connectivity index (χ3n) is 5.20. The van der Waals surface area contributed by atoms with Crippen molar-refractivity contribution >= 4 is 23.6 Å². The van der Waals surface area contributed by atoms with E-state index >= 15 is 0 Å². The van der Waals surface area contributed by atoms with Gasteiger partial charge in [-0.25, -0.2) is 0 Å². The van der Waals surface area contributed by atoms with Gasteiger partial charge in [0.1, 0.15) is 13.2 Å². The van der Waals surface area contributed by atoms with Crippen LogP contribution in [-0.4, -0.2) is 56.9 Å². The van der Waals surface area contributed by atoms with Crippen LogP contribution in [0, 0.1) is 0 Å². The molecule has 158 valence electrons. The van der Waals surface area contributed by atoms with E-state index < -0.39 is 0 Å². The standard InChI is InChI=1S/C23H25ClN2O4/c24-19-5-3-18(4-6-19)20(26-9-11-28-12-10-26)16-25-23(27)8-2-17-1-7-21-22(15-17)30-14-13-29-21/h1-8,15,20H,9-14,16H2,(H,25,27)/b8-2+. The smallest absolute Gasteiger partial charge is 0.244 e. The number of fused-ring (bicyclic) bond motifs is 1. The van der Waals surface area contributed by atoms with Gasteiger partial charge in [-0.2, -0.15) is 0 Å². The Labute approximate surface area is 181 Å². The molecule has 1 N–H and O–H groups in total. The summed E-state index contributed by atoms with van der Waals surface area (Å²) in [5, 5.41) is 3.73. The van der Waals surface area contributed by atoms with E-state index in [1.807, 2.05) is 42.5 Å². The van der Waals surface area contributed by atoms with E-state index in [9.17, 15) is 4.79 Å². The van der Waals surface area contributed by atoms with Gasteiger partial charge in [0.15, 0.2) is 11.5 Å². The largest absolute Gasteiger partial charge is 0.486 e. The minimum atomic E-state index is -0.142. The molecule has 0 bridgehead atoms. The molecular weight excluding hydrogens is 404 g/mol. The Hall–Kier alpha value is -2.54. The lowest BCUT2D eigenvalue weighted by Crippen LogP contribution is -2.43. The molecule has 2 heterocycles. The molecule has 0 aromatic heterocycles. The average molecular weight is 429 g/mol. The van der Waals surface area contributed by atoms with Crippen molar-refractivity contribution in [1.82, 2.24) is 10.2 Å². The molecule has 2 aromatic rings. The molecular formula is C23H25ClN2O4. The molecule has 1 saturated heterocycles. The number of hydrogen-bond acceptors (Lipinski definition) is 5. The fourth-order valence-corrected chi connectivity index (χ4v) is 3.75. The Bertz CT molecular complexity index is 895. The molecule has 2 aliphatic rings. The van der Waals surface area contributed by atoms with E-state index in [0.717, 1.165) is 30.0 Å². The van der Waals surface area contributed by atoms with Gasteiger partial charge in [0.2, 0.25) is 5.91 Å². The van der Waals surface area contributed by atoms with E-state index in [4.69, 9.17) is 25.8 Å². The van der Waals surface area contributed by atoms with Crippen molar-refractivity contribution in [3.8, 4) is 11.5 Å². The highest BCUT2D eigenvalue weighted by Gasteiger charge is 2.23. The van der Waals surface area contributed by atoms with Crippen LogP contribution >= 0.6 is 11.6 Å². The number of carbonyl (C=O) groups excluding carboxylic acids is 1. The normalized spacial score (nSPS) is 17.6. The summed E-state index contributed by atoms with van der Waals surface area (Å²) in [6.07, 6.45) is 3.32. The SMILES string of the molecule is O=C(/C=C/c1ccc2c(c1)OCCO2)NCC(c1ccc(Cl)cc1)N1CCOCC1. The fourth-order valence-electron chi connectivity index (χ4n) is 3.62. The quantitative estimate of drug-likeness (QED) is 0.715. The van der Waals surface area contributed by atoms with Gasteiger partial charge in [0, 0.05) is 30.7 Å². The fraction of sp³-hybridized carbons (Fsp3) is 0.348. The van der Waals surface area contributed by atoms with Crippen LogP contribution in [-0.2, 0) is 9.53 Å². The molecule has 0 saturated carbocycles. The van der Waals surface area contributed by atoms with Crippen molar-refractivity contribution < 1.29 is 19.0 Å². The molecule has 1 unspecified atom stereocenters. The summed E-state index contributed by atoms with van der Waals surface area (Å²) in [6, 6.07) is 13.5. The van der Waals surface area contributed by atoms with Gasteiger partial charge in [0.25, 0.3) is 0 Å². The zero-order valence-corrected chi connectivity index (χ0v) is 17.4. The van der Waals surface area contributed by atoms with E-state index in [0.29, 0.717) is 43.7 Å². The van der Waals surface area contributed by atoms with Crippen LogP contribution in [0.4, 0.5) is 0 Å². The van der Waals surface area contributed by atoms with Gasteiger partial charge in [-0.1, -0.05) is 29.8 Å². The lowest BCUT2D eigenvalue weighted by atomic mass is 10.0. The Kier molecular flexibility index (Phi) is 6.89. The van der Waals surface area contributed by atoms with Crippen molar-refractivity contribution in [2.45, 2.75) is 6.04 Å². The molecule has 0 aliphatic carbocycles. The highest BCUT2D eigenvalue weighted by Crippen LogP contribution is 2.31. The summed E-state index contributed by atoms with van der Waals surface area (Å²) in [7, 11) is 0. The molecule has 30 heavy (non-hydrogen) atoms. The number of hydrogen-bond donors (Lipinski definition) is 1. The van der Waals surface area contributed by atoms with Crippen LogP contribution in [0.1, 0.15) is 17.2 Å². The predicted octanol–water partition coefficient (Wildman–Crippen LogP) is 3.31. The molecule has 2 aliphatic heterocycles. The second kappa shape index (κ2) is 9.98. The van der Waals surface area contributed by atoms with Gasteiger partial charge < -0.3 is 19.5 Å². The zero-order valence-electron chi connectivity index (χ0n) is 16.7. The Morgan fingerprint density at radius 1 is 1.03 bits per heavy atom. The number of nitrogens with zero attached hydrogens (tertiary/aromatic N) is 1. The number of nitrogens with one attached hydrogen (secondary N) is 1. The summed E-state index contributed by atoms with van der Waals surface area (Å²) in [4.78, 5) is 14.8. The Balaban J connectivity index is 1.39. The first-order valence-corrected chi connectivity index (χ1v) is 10.5. The summed E-state index contributed by atoms with van der Waals surface area (Å²) < 4.78 is 16.6. The van der Waals surface area contributed by atoms with Gasteiger partial charge in [-0.05, 0) is 41.5 Å². The molecule has 0 spiro atoms. The molecule has 7 heteroatoms. The van der Waals surface area contributed by atoms with Crippen molar-refractivity contribution in [2.75, 3.05) is 46.1 Å². The Morgan fingerprint density at radius 3 is 2.53 bits per heavy atom. The first-order chi connectivity index (χ1) is 14.7. The third kappa shape index (κ3) is 5.33. The third-order valence-corrected chi connectivity index (χ3v) is 5.46. The van der Waals surface area contributed by atoms with Gasteiger partial charge in [-0.3, -0.25) is 9.69 Å². The Morgan fingerprint density at radius 2 is 1.77 bits per heavy atom. The molecule has 1 fully saturated rings. The number of carbonyl (C=O) groups is 1. The zero-order chi connectivity index (χ0) is 20.8. The van der Waals surface area contributed by atoms with Crippen LogP contribution < -0.4 is 14.8 Å². The van der Waals surface area contributed by atoms with Crippen LogP contribution in [0.5, 0.6) is 11.5 Å². The van der Waals surface area contributed by atoms with Gasteiger partial charge in [-0.15, -0.1) is 0 Å². The van der Waals surface area contributed by atoms with Crippen molar-refractivity contribution in [3.05, 3.63) is 64.7 Å². The highest BCUT2D eigenvalue weighted by molar-refractivity contribution is 6.30. The molecule has 2 aromatic carbocycles. The predicted molar refractivity (Wildman–Crippen MR) is 116 cm³/mol. The van der Waals surface area contributed by atoms with E-state index in [1.165, 1.54) is 0 Å². The highest BCUT2D eigenvalue weighted by atomic mass is 35.5. The number of benzene rings is 2. The number of ether oxygens (including phenoxy) is 3. The summed E-state index contributed by atoms with van der Waals surface area (Å²) in [5.41, 5.74) is 2.01. The van der Waals surface area contributed by atoms with E-state index in [-0.39, 0.29) is 11.9 Å². The number of morpholine rings is 1. The second-order valence-corrected chi connectivity index (χ2v) is 7.63. The maximum absolute atomic E-state index is 12.5. The van der Waals surface area contributed by atoms with Crippen LogP contribution in [0.3, 0.4) is 0 Å². The monoisotopic (exact) mass is 428 g/mol. The second-order valence-electron chi connectivity index (χ2n) is 7.20. The minimum Gasteiger partial charge on any atom is -0.486 e. The van der Waals surface area contributed by atoms with Crippen molar-refractivity contribution in [2.24, 2.45) is 0 Å². The maximum atomic E-state index is 12.5.